The molecular weight excluding hydrogens is 340 g/mol. The van der Waals surface area contributed by atoms with Crippen molar-refractivity contribution in [3.05, 3.63) is 11.7 Å². The van der Waals surface area contributed by atoms with Crippen molar-refractivity contribution in [2.75, 3.05) is 33.2 Å². The van der Waals surface area contributed by atoms with Gasteiger partial charge < -0.3 is 24.5 Å². The molecule has 10 nitrogen and oxygen atoms in total. The molecule has 10 heteroatoms. The summed E-state index contributed by atoms with van der Waals surface area (Å²) < 4.78 is 5.13. The Hall–Kier alpha value is -2.65. The second-order valence-corrected chi connectivity index (χ2v) is 7.10. The molecule has 1 aromatic rings. The molecule has 0 bridgehead atoms. The summed E-state index contributed by atoms with van der Waals surface area (Å²) in [5.41, 5.74) is 0. The van der Waals surface area contributed by atoms with E-state index < -0.39 is 6.04 Å². The standard InChI is InChI=1S/C16H24N6O4/c1-10(2)6-12-18-13(26-19-12)7-17-16(25)21-4-5-22-11(8-21)15(24)20(3)9-14(22)23/h10-11H,4-9H2,1-3H3,(H,17,25). The minimum absolute atomic E-state index is 0.0827. The van der Waals surface area contributed by atoms with E-state index in [0.717, 1.165) is 0 Å². The number of hydrogen-bond acceptors (Lipinski definition) is 6. The number of hydrogen-bond donors (Lipinski definition) is 1. The summed E-state index contributed by atoms with van der Waals surface area (Å²) >= 11 is 0. The minimum Gasteiger partial charge on any atom is -0.337 e. The number of rotatable bonds is 4. The Morgan fingerprint density at radius 3 is 2.85 bits per heavy atom. The average molecular weight is 364 g/mol. The molecular formula is C16H24N6O4. The maximum absolute atomic E-state index is 12.4. The zero-order chi connectivity index (χ0) is 18.8. The first-order valence-electron chi connectivity index (χ1n) is 8.74. The van der Waals surface area contributed by atoms with Gasteiger partial charge in [-0.15, -0.1) is 0 Å². The first-order valence-corrected chi connectivity index (χ1v) is 8.74. The number of amides is 4. The van der Waals surface area contributed by atoms with Crippen LogP contribution in [0.2, 0.25) is 0 Å². The maximum Gasteiger partial charge on any atom is 0.317 e. The quantitative estimate of drug-likeness (QED) is 0.768. The monoisotopic (exact) mass is 364 g/mol. The predicted molar refractivity (Wildman–Crippen MR) is 89.8 cm³/mol. The third-order valence-corrected chi connectivity index (χ3v) is 4.51. The summed E-state index contributed by atoms with van der Waals surface area (Å²) in [7, 11) is 1.60. The number of urea groups is 1. The highest BCUT2D eigenvalue weighted by Crippen LogP contribution is 2.17. The molecule has 2 aliphatic heterocycles. The van der Waals surface area contributed by atoms with Gasteiger partial charge in [-0.3, -0.25) is 9.59 Å². The number of piperazine rings is 2. The van der Waals surface area contributed by atoms with Crippen LogP contribution in [0.15, 0.2) is 4.52 Å². The summed E-state index contributed by atoms with van der Waals surface area (Å²) in [5.74, 6) is 1.15. The largest absolute Gasteiger partial charge is 0.337 e. The van der Waals surface area contributed by atoms with Crippen LogP contribution in [0.25, 0.3) is 0 Å². The Morgan fingerprint density at radius 1 is 1.35 bits per heavy atom. The van der Waals surface area contributed by atoms with E-state index >= 15 is 0 Å². The molecule has 3 rings (SSSR count). The van der Waals surface area contributed by atoms with Crippen LogP contribution in [-0.4, -0.2) is 82.0 Å². The lowest BCUT2D eigenvalue weighted by Crippen LogP contribution is -2.67. The summed E-state index contributed by atoms with van der Waals surface area (Å²) in [4.78, 5) is 45.5. The third kappa shape index (κ3) is 3.78. The molecule has 0 radical (unpaired) electrons. The fourth-order valence-corrected chi connectivity index (χ4v) is 3.18. The second-order valence-electron chi connectivity index (χ2n) is 7.10. The molecule has 3 heterocycles. The van der Waals surface area contributed by atoms with Crippen molar-refractivity contribution in [2.45, 2.75) is 32.9 Å². The van der Waals surface area contributed by atoms with E-state index in [9.17, 15) is 14.4 Å². The molecule has 0 aliphatic carbocycles. The molecule has 142 valence electrons. The molecule has 26 heavy (non-hydrogen) atoms. The van der Waals surface area contributed by atoms with Gasteiger partial charge in [0.05, 0.1) is 19.6 Å². The molecule has 0 aromatic carbocycles. The highest BCUT2D eigenvalue weighted by molar-refractivity contribution is 5.95. The highest BCUT2D eigenvalue weighted by Gasteiger charge is 2.42. The molecule has 1 aromatic heterocycles. The van der Waals surface area contributed by atoms with Crippen LogP contribution in [0.3, 0.4) is 0 Å². The second kappa shape index (κ2) is 7.30. The van der Waals surface area contributed by atoms with Crippen LogP contribution in [-0.2, 0) is 22.6 Å². The van der Waals surface area contributed by atoms with E-state index in [1.807, 2.05) is 0 Å². The SMILES string of the molecule is CC(C)Cc1noc(CNC(=O)N2CCN3C(=O)CN(C)C(=O)C3C2)n1. The lowest BCUT2D eigenvalue weighted by Gasteiger charge is -2.45. The number of aromatic nitrogens is 2. The van der Waals surface area contributed by atoms with Gasteiger partial charge in [-0.05, 0) is 5.92 Å². The average Bonchev–Trinajstić information content (AvgIpc) is 3.04. The zero-order valence-corrected chi connectivity index (χ0v) is 15.3. The summed E-state index contributed by atoms with van der Waals surface area (Å²) in [6.07, 6.45) is 0.713. The molecule has 2 aliphatic rings. The third-order valence-electron chi connectivity index (χ3n) is 4.51. The van der Waals surface area contributed by atoms with Gasteiger partial charge in [0.2, 0.25) is 17.7 Å². The van der Waals surface area contributed by atoms with Gasteiger partial charge in [-0.1, -0.05) is 19.0 Å². The van der Waals surface area contributed by atoms with Gasteiger partial charge in [0.25, 0.3) is 0 Å². The minimum atomic E-state index is -0.609. The zero-order valence-electron chi connectivity index (χ0n) is 15.3. The van der Waals surface area contributed by atoms with Crippen molar-refractivity contribution < 1.29 is 18.9 Å². The van der Waals surface area contributed by atoms with Gasteiger partial charge in [-0.2, -0.15) is 4.98 Å². The topological polar surface area (TPSA) is 112 Å². The van der Waals surface area contributed by atoms with Gasteiger partial charge >= 0.3 is 6.03 Å². The summed E-state index contributed by atoms with van der Waals surface area (Å²) in [6, 6.07) is -0.927. The lowest BCUT2D eigenvalue weighted by atomic mass is 10.1. The number of fused-ring (bicyclic) bond motifs is 1. The van der Waals surface area contributed by atoms with E-state index in [1.54, 1.807) is 11.9 Å². The molecule has 2 saturated heterocycles. The van der Waals surface area contributed by atoms with E-state index in [4.69, 9.17) is 4.52 Å². The number of nitrogens with zero attached hydrogens (tertiary/aromatic N) is 5. The molecule has 2 fully saturated rings. The number of carbonyl (C=O) groups excluding carboxylic acids is 3. The van der Waals surface area contributed by atoms with E-state index in [2.05, 4.69) is 29.3 Å². The Labute approximate surface area is 151 Å². The van der Waals surface area contributed by atoms with Gasteiger partial charge in [0, 0.05) is 26.6 Å². The van der Waals surface area contributed by atoms with Crippen molar-refractivity contribution in [3.8, 4) is 0 Å². The first kappa shape index (κ1) is 18.2. The van der Waals surface area contributed by atoms with Crippen molar-refractivity contribution in [3.63, 3.8) is 0 Å². The van der Waals surface area contributed by atoms with Crippen molar-refractivity contribution in [1.29, 1.82) is 0 Å². The maximum atomic E-state index is 12.4. The highest BCUT2D eigenvalue weighted by atomic mass is 16.5. The van der Waals surface area contributed by atoms with Crippen LogP contribution in [0, 0.1) is 5.92 Å². The van der Waals surface area contributed by atoms with E-state index in [1.165, 1.54) is 9.80 Å². The normalized spacial score (nSPS) is 20.6. The number of nitrogens with one attached hydrogen (secondary N) is 1. The van der Waals surface area contributed by atoms with Crippen LogP contribution in [0.5, 0.6) is 0 Å². The molecule has 1 N–H and O–H groups in total. The molecule has 1 unspecified atom stereocenters. The number of carbonyl (C=O) groups is 3. The van der Waals surface area contributed by atoms with Crippen molar-refractivity contribution >= 4 is 17.8 Å². The molecule has 0 spiro atoms. The van der Waals surface area contributed by atoms with Crippen LogP contribution < -0.4 is 5.32 Å². The van der Waals surface area contributed by atoms with Crippen molar-refractivity contribution in [2.24, 2.45) is 5.92 Å². The van der Waals surface area contributed by atoms with Gasteiger partial charge in [0.1, 0.15) is 6.04 Å². The van der Waals surface area contributed by atoms with Gasteiger partial charge in [-0.25, -0.2) is 4.79 Å². The van der Waals surface area contributed by atoms with E-state index in [-0.39, 0.29) is 37.5 Å². The number of likely N-dealkylation sites (N-methyl/N-ethyl adjacent to an activating group) is 1. The molecule has 1 atom stereocenters. The first-order chi connectivity index (χ1) is 12.3. The fraction of sp³-hybridized carbons (Fsp3) is 0.688. The van der Waals surface area contributed by atoms with Gasteiger partial charge in [0.15, 0.2) is 5.82 Å². The van der Waals surface area contributed by atoms with Crippen LogP contribution >= 0.6 is 0 Å². The van der Waals surface area contributed by atoms with Crippen LogP contribution in [0.4, 0.5) is 4.79 Å². The fourth-order valence-electron chi connectivity index (χ4n) is 3.18. The van der Waals surface area contributed by atoms with Crippen molar-refractivity contribution in [1.82, 2.24) is 30.2 Å². The summed E-state index contributed by atoms with van der Waals surface area (Å²) in [6.45, 7) is 5.27. The summed E-state index contributed by atoms with van der Waals surface area (Å²) in [5, 5.41) is 6.61. The molecule has 4 amide bonds. The lowest BCUT2D eigenvalue weighted by molar-refractivity contribution is -0.157. The Bertz CT molecular complexity index is 703. The predicted octanol–water partition coefficient (Wildman–Crippen LogP) is -0.537. The Kier molecular flexibility index (Phi) is 5.10. The smallest absolute Gasteiger partial charge is 0.317 e. The molecule has 0 saturated carbocycles. The Morgan fingerprint density at radius 2 is 2.12 bits per heavy atom. The van der Waals surface area contributed by atoms with E-state index in [0.29, 0.717) is 37.1 Å². The Balaban J connectivity index is 1.55. The van der Waals surface area contributed by atoms with Crippen LogP contribution in [0.1, 0.15) is 25.6 Å².